The minimum absolute atomic E-state index is 0.185. The highest BCUT2D eigenvalue weighted by Gasteiger charge is 2.16. The topological polar surface area (TPSA) is 63.6 Å². The van der Waals surface area contributed by atoms with Gasteiger partial charge >= 0.3 is 5.97 Å². The van der Waals surface area contributed by atoms with E-state index in [1.807, 2.05) is 30.3 Å². The standard InChI is InChI=1S/C17H16O4/c18-12-16(19)14-8-4-5-9-15(14)17(20)21-11-10-13-6-2-1-3-7-13/h1-9,18H,10-12H2. The van der Waals surface area contributed by atoms with Crippen LogP contribution in [-0.2, 0) is 11.2 Å². The molecular formula is C17H16O4. The van der Waals surface area contributed by atoms with E-state index < -0.39 is 18.4 Å². The fourth-order valence-electron chi connectivity index (χ4n) is 1.97. The van der Waals surface area contributed by atoms with E-state index in [9.17, 15) is 9.59 Å². The Morgan fingerprint density at radius 3 is 2.19 bits per heavy atom. The molecule has 0 bridgehead atoms. The molecule has 4 heteroatoms. The summed E-state index contributed by atoms with van der Waals surface area (Å²) in [7, 11) is 0. The summed E-state index contributed by atoms with van der Waals surface area (Å²) in [6.45, 7) is -0.390. The van der Waals surface area contributed by atoms with Crippen LogP contribution >= 0.6 is 0 Å². The number of benzene rings is 2. The van der Waals surface area contributed by atoms with Gasteiger partial charge in [-0.15, -0.1) is 0 Å². The quantitative estimate of drug-likeness (QED) is 0.653. The lowest BCUT2D eigenvalue weighted by molar-refractivity contribution is 0.0505. The summed E-state index contributed by atoms with van der Waals surface area (Å²) in [5.74, 6) is -1.05. The monoisotopic (exact) mass is 284 g/mol. The highest BCUT2D eigenvalue weighted by molar-refractivity contribution is 6.06. The molecule has 0 saturated heterocycles. The van der Waals surface area contributed by atoms with Gasteiger partial charge in [-0.2, -0.15) is 0 Å². The SMILES string of the molecule is O=C(CO)c1ccccc1C(=O)OCCc1ccccc1. The molecule has 108 valence electrons. The molecule has 4 nitrogen and oxygen atoms in total. The predicted octanol–water partition coefficient (Wildman–Crippen LogP) is 2.26. The Morgan fingerprint density at radius 2 is 1.52 bits per heavy atom. The Kier molecular flexibility index (Phi) is 5.23. The van der Waals surface area contributed by atoms with E-state index in [4.69, 9.17) is 9.84 Å². The molecule has 0 amide bonds. The number of hydrogen-bond donors (Lipinski definition) is 1. The average molecular weight is 284 g/mol. The maximum Gasteiger partial charge on any atom is 0.338 e. The molecule has 0 aliphatic heterocycles. The number of carbonyl (C=O) groups is 2. The molecule has 2 aromatic rings. The van der Waals surface area contributed by atoms with Crippen molar-refractivity contribution < 1.29 is 19.4 Å². The van der Waals surface area contributed by atoms with Crippen molar-refractivity contribution in [2.24, 2.45) is 0 Å². The van der Waals surface area contributed by atoms with Gasteiger partial charge in [0.15, 0.2) is 5.78 Å². The lowest BCUT2D eigenvalue weighted by Crippen LogP contribution is -2.15. The Balaban J connectivity index is 1.99. The van der Waals surface area contributed by atoms with Crippen molar-refractivity contribution in [1.82, 2.24) is 0 Å². The first-order valence-corrected chi connectivity index (χ1v) is 6.66. The lowest BCUT2D eigenvalue weighted by atomic mass is 10.0. The zero-order valence-electron chi connectivity index (χ0n) is 11.5. The van der Waals surface area contributed by atoms with Crippen LogP contribution in [0.4, 0.5) is 0 Å². The third kappa shape index (κ3) is 4.00. The van der Waals surface area contributed by atoms with E-state index in [2.05, 4.69) is 0 Å². The van der Waals surface area contributed by atoms with Crippen LogP contribution < -0.4 is 0 Å². The molecule has 21 heavy (non-hydrogen) atoms. The first kappa shape index (κ1) is 14.9. The molecule has 0 atom stereocenters. The fourth-order valence-corrected chi connectivity index (χ4v) is 1.97. The van der Waals surface area contributed by atoms with E-state index in [0.29, 0.717) is 6.42 Å². The molecule has 0 aliphatic rings. The maximum atomic E-state index is 12.0. The number of aliphatic hydroxyl groups is 1. The molecule has 2 aromatic carbocycles. The highest BCUT2D eigenvalue weighted by Crippen LogP contribution is 2.11. The minimum atomic E-state index is -0.631. The third-order valence-electron chi connectivity index (χ3n) is 3.06. The first-order chi connectivity index (χ1) is 10.2. The molecule has 0 spiro atoms. The Bertz CT molecular complexity index is 620. The third-order valence-corrected chi connectivity index (χ3v) is 3.06. The van der Waals surface area contributed by atoms with Crippen molar-refractivity contribution in [1.29, 1.82) is 0 Å². The molecule has 0 unspecified atom stereocenters. The predicted molar refractivity (Wildman–Crippen MR) is 78.3 cm³/mol. The zero-order valence-corrected chi connectivity index (χ0v) is 11.5. The second-order valence-electron chi connectivity index (χ2n) is 4.50. The van der Waals surface area contributed by atoms with E-state index >= 15 is 0 Å². The van der Waals surface area contributed by atoms with E-state index in [1.165, 1.54) is 12.1 Å². The van der Waals surface area contributed by atoms with Gasteiger partial charge < -0.3 is 9.84 Å². The van der Waals surface area contributed by atoms with Crippen molar-refractivity contribution in [3.63, 3.8) is 0 Å². The Morgan fingerprint density at radius 1 is 0.905 bits per heavy atom. The van der Waals surface area contributed by atoms with Gasteiger partial charge in [-0.3, -0.25) is 4.79 Å². The number of ketones is 1. The van der Waals surface area contributed by atoms with E-state index in [-0.39, 0.29) is 17.7 Å². The van der Waals surface area contributed by atoms with Crippen LogP contribution in [0, 0.1) is 0 Å². The van der Waals surface area contributed by atoms with Gasteiger partial charge in [0.2, 0.25) is 0 Å². The van der Waals surface area contributed by atoms with Gasteiger partial charge in [-0.05, 0) is 11.6 Å². The van der Waals surface area contributed by atoms with Crippen molar-refractivity contribution in [2.45, 2.75) is 6.42 Å². The second kappa shape index (κ2) is 7.36. The van der Waals surface area contributed by atoms with Crippen molar-refractivity contribution in [3.05, 3.63) is 71.3 Å². The minimum Gasteiger partial charge on any atom is -0.462 e. The summed E-state index contributed by atoms with van der Waals surface area (Å²) in [6, 6.07) is 16.0. The number of ether oxygens (including phenoxy) is 1. The van der Waals surface area contributed by atoms with Gasteiger partial charge in [0.1, 0.15) is 6.61 Å². The summed E-state index contributed by atoms with van der Waals surface area (Å²) >= 11 is 0. The van der Waals surface area contributed by atoms with Crippen LogP contribution in [0.2, 0.25) is 0 Å². The fraction of sp³-hybridized carbons (Fsp3) is 0.176. The van der Waals surface area contributed by atoms with Crippen LogP contribution in [-0.4, -0.2) is 30.1 Å². The Hall–Kier alpha value is -2.46. The van der Waals surface area contributed by atoms with Crippen molar-refractivity contribution in [3.8, 4) is 0 Å². The molecule has 0 saturated carbocycles. The summed E-state index contributed by atoms with van der Waals surface area (Å²) in [4.78, 5) is 23.6. The molecule has 2 rings (SSSR count). The van der Waals surface area contributed by atoms with Crippen LogP contribution in [0.1, 0.15) is 26.3 Å². The highest BCUT2D eigenvalue weighted by atomic mass is 16.5. The number of hydrogen-bond acceptors (Lipinski definition) is 4. The number of aliphatic hydroxyl groups excluding tert-OH is 1. The number of rotatable bonds is 6. The molecular weight excluding hydrogens is 268 g/mol. The van der Waals surface area contributed by atoms with Gasteiger partial charge in [-0.1, -0.05) is 48.5 Å². The average Bonchev–Trinajstić information content (AvgIpc) is 2.55. The zero-order chi connectivity index (χ0) is 15.1. The Labute approximate surface area is 123 Å². The van der Waals surface area contributed by atoms with E-state index in [0.717, 1.165) is 5.56 Å². The lowest BCUT2D eigenvalue weighted by Gasteiger charge is -2.08. The first-order valence-electron chi connectivity index (χ1n) is 6.66. The molecule has 0 heterocycles. The number of carbonyl (C=O) groups excluding carboxylic acids is 2. The van der Waals surface area contributed by atoms with Crippen LogP contribution in [0.25, 0.3) is 0 Å². The molecule has 0 fully saturated rings. The largest absolute Gasteiger partial charge is 0.462 e. The van der Waals surface area contributed by atoms with Gasteiger partial charge in [0.25, 0.3) is 0 Å². The number of Topliss-reactive ketones (excluding diaryl/α,β-unsaturated/α-hetero) is 1. The second-order valence-corrected chi connectivity index (χ2v) is 4.50. The van der Waals surface area contributed by atoms with Crippen molar-refractivity contribution >= 4 is 11.8 Å². The van der Waals surface area contributed by atoms with Crippen LogP contribution in [0.3, 0.4) is 0 Å². The molecule has 0 aromatic heterocycles. The maximum absolute atomic E-state index is 12.0. The van der Waals surface area contributed by atoms with Crippen LogP contribution in [0.15, 0.2) is 54.6 Å². The summed E-state index contributed by atoms with van der Waals surface area (Å²) in [5, 5.41) is 8.92. The molecule has 0 aliphatic carbocycles. The normalized spacial score (nSPS) is 10.1. The van der Waals surface area contributed by atoms with Crippen LogP contribution in [0.5, 0.6) is 0 Å². The van der Waals surface area contributed by atoms with Gasteiger partial charge in [0.05, 0.1) is 12.2 Å². The van der Waals surface area contributed by atoms with Crippen molar-refractivity contribution in [2.75, 3.05) is 13.2 Å². The summed E-state index contributed by atoms with van der Waals surface area (Å²) in [5.41, 5.74) is 1.44. The van der Waals surface area contributed by atoms with Gasteiger partial charge in [0, 0.05) is 12.0 Å². The summed E-state index contributed by atoms with van der Waals surface area (Å²) in [6.07, 6.45) is 0.614. The summed E-state index contributed by atoms with van der Waals surface area (Å²) < 4.78 is 5.19. The van der Waals surface area contributed by atoms with Gasteiger partial charge in [-0.25, -0.2) is 4.79 Å². The molecule has 0 radical (unpaired) electrons. The smallest absolute Gasteiger partial charge is 0.338 e. The molecule has 1 N–H and O–H groups in total. The van der Waals surface area contributed by atoms with E-state index in [1.54, 1.807) is 12.1 Å². The number of esters is 1.